The van der Waals surface area contributed by atoms with Crippen LogP contribution in [0.5, 0.6) is 0 Å². The van der Waals surface area contributed by atoms with Gasteiger partial charge in [-0.3, -0.25) is 0 Å². The summed E-state index contributed by atoms with van der Waals surface area (Å²) in [5.74, 6) is 0. The van der Waals surface area contributed by atoms with Crippen LogP contribution in [0.15, 0.2) is 57.9 Å². The summed E-state index contributed by atoms with van der Waals surface area (Å²) in [6.45, 7) is 4.35. The predicted octanol–water partition coefficient (Wildman–Crippen LogP) is 5.19. The topological polar surface area (TPSA) is 26.0 Å². The third-order valence-corrected chi connectivity index (χ3v) is 5.15. The van der Waals surface area contributed by atoms with Gasteiger partial charge in [0.1, 0.15) is 0 Å². The largest absolute Gasteiger partial charge is 0.323 e. The molecule has 2 aromatic carbocycles. The van der Waals surface area contributed by atoms with E-state index in [2.05, 4.69) is 78.3 Å². The summed E-state index contributed by atoms with van der Waals surface area (Å²) in [5.41, 5.74) is 8.94. The number of benzene rings is 2. The molecule has 2 atom stereocenters. The van der Waals surface area contributed by atoms with Crippen LogP contribution in [0.25, 0.3) is 0 Å². The Bertz CT molecular complexity index is 536. The Morgan fingerprint density at radius 2 is 1.65 bits per heavy atom. The summed E-state index contributed by atoms with van der Waals surface area (Å²) in [4.78, 5) is 1.25. The molecule has 3 heteroatoms. The van der Waals surface area contributed by atoms with Crippen LogP contribution in [0.3, 0.4) is 0 Å². The van der Waals surface area contributed by atoms with Gasteiger partial charge in [0.2, 0.25) is 0 Å². The molecule has 0 radical (unpaired) electrons. The highest BCUT2D eigenvalue weighted by molar-refractivity contribution is 9.10. The fourth-order valence-electron chi connectivity index (χ4n) is 2.05. The van der Waals surface area contributed by atoms with Crippen molar-refractivity contribution in [3.63, 3.8) is 0 Å². The van der Waals surface area contributed by atoms with Gasteiger partial charge in [0.05, 0.1) is 0 Å². The Balaban J connectivity index is 2.03. The number of hydrogen-bond acceptors (Lipinski definition) is 2. The van der Waals surface area contributed by atoms with Crippen LogP contribution in [0, 0.1) is 0 Å². The first-order valence-corrected chi connectivity index (χ1v) is 8.54. The van der Waals surface area contributed by atoms with Crippen LogP contribution in [-0.4, -0.2) is 5.25 Å². The van der Waals surface area contributed by atoms with Gasteiger partial charge in [0.25, 0.3) is 0 Å². The maximum absolute atomic E-state index is 6.38. The molecule has 106 valence electrons. The van der Waals surface area contributed by atoms with Crippen molar-refractivity contribution in [2.45, 2.75) is 36.5 Å². The van der Waals surface area contributed by atoms with Crippen LogP contribution in [0.4, 0.5) is 0 Å². The molecule has 0 aliphatic heterocycles. The fourth-order valence-corrected chi connectivity index (χ4v) is 3.34. The van der Waals surface area contributed by atoms with Crippen molar-refractivity contribution >= 4 is 27.7 Å². The molecule has 2 unspecified atom stereocenters. The van der Waals surface area contributed by atoms with Gasteiger partial charge in [-0.05, 0) is 41.8 Å². The maximum Gasteiger partial charge on any atom is 0.0416 e. The SMILES string of the molecule is CCc1ccc(C(N)C(C)Sc2ccc(Br)cc2)cc1. The zero-order valence-corrected chi connectivity index (χ0v) is 14.2. The molecule has 1 nitrogen and oxygen atoms in total. The van der Waals surface area contributed by atoms with Gasteiger partial charge in [-0.15, -0.1) is 11.8 Å². The number of nitrogens with two attached hydrogens (primary N) is 1. The van der Waals surface area contributed by atoms with E-state index >= 15 is 0 Å². The summed E-state index contributed by atoms with van der Waals surface area (Å²) >= 11 is 5.28. The molecule has 20 heavy (non-hydrogen) atoms. The van der Waals surface area contributed by atoms with Gasteiger partial charge in [-0.25, -0.2) is 0 Å². The minimum Gasteiger partial charge on any atom is -0.323 e. The van der Waals surface area contributed by atoms with Crippen LogP contribution < -0.4 is 5.73 Å². The third kappa shape index (κ3) is 4.11. The van der Waals surface area contributed by atoms with E-state index in [0.717, 1.165) is 10.9 Å². The number of thioether (sulfide) groups is 1. The Kier molecular flexibility index (Phi) is 5.70. The lowest BCUT2D eigenvalue weighted by molar-refractivity contribution is 0.714. The molecule has 0 aromatic heterocycles. The van der Waals surface area contributed by atoms with Crippen LogP contribution >= 0.6 is 27.7 Å². The van der Waals surface area contributed by atoms with Crippen LogP contribution in [0.1, 0.15) is 31.0 Å². The van der Waals surface area contributed by atoms with E-state index < -0.39 is 0 Å². The normalized spacial score (nSPS) is 14.0. The maximum atomic E-state index is 6.38. The second kappa shape index (κ2) is 7.30. The second-order valence-corrected chi connectivity index (χ2v) is 7.26. The molecule has 0 aliphatic rings. The van der Waals surface area contributed by atoms with Gasteiger partial charge >= 0.3 is 0 Å². The predicted molar refractivity (Wildman–Crippen MR) is 92.2 cm³/mol. The molecule has 0 saturated heterocycles. The molecule has 0 spiro atoms. The van der Waals surface area contributed by atoms with Crippen molar-refractivity contribution in [2.24, 2.45) is 5.73 Å². The lowest BCUT2D eigenvalue weighted by atomic mass is 10.0. The van der Waals surface area contributed by atoms with Crippen molar-refractivity contribution in [3.05, 3.63) is 64.1 Å². The summed E-state index contributed by atoms with van der Waals surface area (Å²) in [6, 6.07) is 17.1. The Labute approximate surface area is 134 Å². The number of hydrogen-bond donors (Lipinski definition) is 1. The highest BCUT2D eigenvalue weighted by Gasteiger charge is 2.16. The van der Waals surface area contributed by atoms with Crippen molar-refractivity contribution in [1.82, 2.24) is 0 Å². The molecule has 2 N–H and O–H groups in total. The Morgan fingerprint density at radius 3 is 2.20 bits per heavy atom. The van der Waals surface area contributed by atoms with Gasteiger partial charge in [-0.2, -0.15) is 0 Å². The molecule has 0 amide bonds. The first-order chi connectivity index (χ1) is 9.60. The smallest absolute Gasteiger partial charge is 0.0416 e. The molecular formula is C17H20BrNS. The zero-order valence-electron chi connectivity index (χ0n) is 11.8. The molecule has 0 aliphatic carbocycles. The minimum absolute atomic E-state index is 0.0505. The van der Waals surface area contributed by atoms with Gasteiger partial charge in [0.15, 0.2) is 0 Å². The molecule has 0 heterocycles. The highest BCUT2D eigenvalue weighted by Crippen LogP contribution is 2.31. The second-order valence-electron chi connectivity index (χ2n) is 4.90. The van der Waals surface area contributed by atoms with E-state index in [4.69, 9.17) is 5.73 Å². The van der Waals surface area contributed by atoms with E-state index in [-0.39, 0.29) is 6.04 Å². The van der Waals surface area contributed by atoms with Gasteiger partial charge in [0, 0.05) is 20.7 Å². The average Bonchev–Trinajstić information content (AvgIpc) is 2.49. The first-order valence-electron chi connectivity index (χ1n) is 6.86. The summed E-state index contributed by atoms with van der Waals surface area (Å²) < 4.78 is 1.11. The quantitative estimate of drug-likeness (QED) is 0.751. The third-order valence-electron chi connectivity index (χ3n) is 3.41. The summed E-state index contributed by atoms with van der Waals surface area (Å²) in [6.07, 6.45) is 1.07. The van der Waals surface area contributed by atoms with Crippen molar-refractivity contribution in [1.29, 1.82) is 0 Å². The summed E-state index contributed by atoms with van der Waals surface area (Å²) in [5, 5.41) is 0.337. The standard InChI is InChI=1S/C17H20BrNS/c1-3-13-4-6-14(7-5-13)17(19)12(2)20-16-10-8-15(18)9-11-16/h4-12,17H,3,19H2,1-2H3. The Hall–Kier alpha value is -0.770. The zero-order chi connectivity index (χ0) is 14.5. The Morgan fingerprint density at radius 1 is 1.05 bits per heavy atom. The van der Waals surface area contributed by atoms with E-state index in [0.29, 0.717) is 5.25 Å². The monoisotopic (exact) mass is 349 g/mol. The lowest BCUT2D eigenvalue weighted by Gasteiger charge is -2.20. The van der Waals surface area contributed by atoms with Crippen LogP contribution in [0.2, 0.25) is 0 Å². The first kappa shape index (κ1) is 15.6. The molecule has 2 rings (SSSR count). The average molecular weight is 350 g/mol. The van der Waals surface area contributed by atoms with E-state index in [1.54, 1.807) is 0 Å². The van der Waals surface area contributed by atoms with Gasteiger partial charge < -0.3 is 5.73 Å². The fraction of sp³-hybridized carbons (Fsp3) is 0.294. The molecule has 2 aromatic rings. The van der Waals surface area contributed by atoms with Gasteiger partial charge in [-0.1, -0.05) is 54.0 Å². The minimum atomic E-state index is 0.0505. The number of rotatable bonds is 5. The highest BCUT2D eigenvalue weighted by atomic mass is 79.9. The van der Waals surface area contributed by atoms with Crippen molar-refractivity contribution in [3.8, 4) is 0 Å². The number of aryl methyl sites for hydroxylation is 1. The van der Waals surface area contributed by atoms with Crippen molar-refractivity contribution in [2.75, 3.05) is 0 Å². The molecular weight excluding hydrogens is 330 g/mol. The summed E-state index contributed by atoms with van der Waals surface area (Å²) in [7, 11) is 0. The van der Waals surface area contributed by atoms with E-state index in [1.165, 1.54) is 16.0 Å². The number of halogens is 1. The molecule has 0 saturated carbocycles. The van der Waals surface area contributed by atoms with E-state index in [9.17, 15) is 0 Å². The lowest BCUT2D eigenvalue weighted by Crippen LogP contribution is -2.21. The van der Waals surface area contributed by atoms with E-state index in [1.807, 2.05) is 11.8 Å². The molecule has 0 bridgehead atoms. The van der Waals surface area contributed by atoms with Crippen molar-refractivity contribution < 1.29 is 0 Å². The molecule has 0 fully saturated rings. The van der Waals surface area contributed by atoms with Crippen LogP contribution in [-0.2, 0) is 6.42 Å².